The van der Waals surface area contributed by atoms with Crippen LogP contribution in [0, 0.1) is 0 Å². The van der Waals surface area contributed by atoms with Crippen LogP contribution >= 0.6 is 0 Å². The first-order chi connectivity index (χ1) is 19.2. The molecule has 1 aliphatic carbocycles. The molecule has 1 radical (unpaired) electrons. The van der Waals surface area contributed by atoms with Gasteiger partial charge in [-0.05, 0) is 57.6 Å². The van der Waals surface area contributed by atoms with Crippen molar-refractivity contribution in [2.75, 3.05) is 33.5 Å². The van der Waals surface area contributed by atoms with Gasteiger partial charge >= 0.3 is 0 Å². The summed E-state index contributed by atoms with van der Waals surface area (Å²) in [6.07, 6.45) is 1.50. The zero-order valence-electron chi connectivity index (χ0n) is 22.6. The molecule has 0 aliphatic heterocycles. The molecule has 40 heavy (non-hydrogen) atoms. The molecule has 203 valence electrons. The van der Waals surface area contributed by atoms with Gasteiger partial charge < -0.3 is 28.5 Å². The Bertz CT molecular complexity index is 1320. The fourth-order valence-electron chi connectivity index (χ4n) is 5.11. The summed E-state index contributed by atoms with van der Waals surface area (Å²) in [6, 6.07) is 33.7. The molecule has 0 saturated heterocycles. The maximum Gasteiger partial charge on any atom is 0.119 e. The SMILES string of the molecule is COCCOc1ccc(C2(c3ccc(OCCO[C-]=O)cc3)c3ccccc3-c3ccccc32)cc1.C[C-]=O.[Y]. The van der Waals surface area contributed by atoms with E-state index in [0.29, 0.717) is 19.0 Å². The van der Waals surface area contributed by atoms with E-state index in [1.54, 1.807) is 7.11 Å². The number of benzene rings is 4. The van der Waals surface area contributed by atoms with Crippen LogP contribution in [0.15, 0.2) is 97.1 Å². The van der Waals surface area contributed by atoms with Crippen molar-refractivity contribution in [1.29, 1.82) is 0 Å². The molecular formula is C33H30O6Y-2. The smallest absolute Gasteiger partial charge is 0.119 e. The minimum Gasteiger partial charge on any atom is -0.650 e. The summed E-state index contributed by atoms with van der Waals surface area (Å²) in [5.74, 6) is 1.52. The van der Waals surface area contributed by atoms with E-state index in [9.17, 15) is 4.79 Å². The van der Waals surface area contributed by atoms with Crippen LogP contribution in [0.1, 0.15) is 29.2 Å². The molecule has 0 heterocycles. The molecule has 0 fully saturated rings. The molecule has 0 spiro atoms. The summed E-state index contributed by atoms with van der Waals surface area (Å²) in [4.78, 5) is 18.9. The van der Waals surface area contributed by atoms with E-state index >= 15 is 0 Å². The minimum atomic E-state index is -0.494. The zero-order valence-corrected chi connectivity index (χ0v) is 25.4. The molecule has 0 amide bonds. The van der Waals surface area contributed by atoms with Gasteiger partial charge in [0, 0.05) is 39.8 Å². The second kappa shape index (κ2) is 15.5. The molecular weight excluding hydrogens is 581 g/mol. The number of methoxy groups -OCH3 is 1. The molecule has 0 unspecified atom stereocenters. The standard InChI is InChI=1S/C31H27O5.C2H3O.Y/c1-33-18-20-35-25-14-10-23(11-15-25)31(24-12-16-26(17-13-24)36-21-19-34-22-32)29-8-4-2-6-27(29)28-7-3-5-9-30(28)31;1-2-3;/h2-17H,18-21H2,1H3;1H3;/q2*-1;. The van der Waals surface area contributed by atoms with Gasteiger partial charge in [-0.25, -0.2) is 0 Å². The Balaban J connectivity index is 0.00000106. The number of rotatable bonds is 11. The summed E-state index contributed by atoms with van der Waals surface area (Å²) < 4.78 is 21.3. The Kier molecular flexibility index (Phi) is 12.1. The molecule has 5 rings (SSSR count). The van der Waals surface area contributed by atoms with Crippen molar-refractivity contribution >= 4 is 12.8 Å². The summed E-state index contributed by atoms with van der Waals surface area (Å²) in [5, 5.41) is 0. The van der Waals surface area contributed by atoms with Crippen molar-refractivity contribution < 1.29 is 61.2 Å². The normalized spacial score (nSPS) is 11.9. The molecule has 0 atom stereocenters. The molecule has 0 aromatic heterocycles. The van der Waals surface area contributed by atoms with Gasteiger partial charge in [0.25, 0.3) is 0 Å². The van der Waals surface area contributed by atoms with E-state index in [4.69, 9.17) is 19.0 Å². The largest absolute Gasteiger partial charge is 0.650 e. The summed E-state index contributed by atoms with van der Waals surface area (Å²) in [6.45, 7) is 4.22. The van der Waals surface area contributed by atoms with E-state index in [-0.39, 0.29) is 45.9 Å². The maximum absolute atomic E-state index is 10.2. The van der Waals surface area contributed by atoms with Crippen molar-refractivity contribution in [3.05, 3.63) is 119 Å². The van der Waals surface area contributed by atoms with Gasteiger partial charge in [0.15, 0.2) is 0 Å². The van der Waals surface area contributed by atoms with Crippen LogP contribution < -0.4 is 9.47 Å². The van der Waals surface area contributed by atoms with E-state index in [2.05, 4.69) is 77.5 Å². The van der Waals surface area contributed by atoms with E-state index in [0.717, 1.165) is 16.9 Å². The molecule has 1 aliphatic rings. The van der Waals surface area contributed by atoms with Gasteiger partial charge in [-0.1, -0.05) is 79.3 Å². The number of carbonyl (C=O) groups excluding carboxylic acids is 2. The summed E-state index contributed by atoms with van der Waals surface area (Å²) in [7, 11) is 1.67. The van der Waals surface area contributed by atoms with Gasteiger partial charge in [0.1, 0.15) is 24.7 Å². The second-order valence-electron chi connectivity index (χ2n) is 8.72. The second-order valence-corrected chi connectivity index (χ2v) is 8.72. The maximum atomic E-state index is 10.2. The number of hydrogen-bond donors (Lipinski definition) is 0. The first kappa shape index (κ1) is 31.2. The molecule has 0 bridgehead atoms. The number of fused-ring (bicyclic) bond motifs is 3. The topological polar surface area (TPSA) is 71.1 Å². The molecule has 4 aromatic rings. The third-order valence-corrected chi connectivity index (χ3v) is 6.60. The van der Waals surface area contributed by atoms with Gasteiger partial charge in [-0.2, -0.15) is 6.92 Å². The molecule has 7 heteroatoms. The van der Waals surface area contributed by atoms with Crippen LogP contribution in [0.4, 0.5) is 0 Å². The molecule has 4 aromatic carbocycles. The van der Waals surface area contributed by atoms with Crippen molar-refractivity contribution in [3.8, 4) is 22.6 Å². The van der Waals surface area contributed by atoms with Crippen LogP contribution in [0.3, 0.4) is 0 Å². The summed E-state index contributed by atoms with van der Waals surface area (Å²) in [5.41, 5.74) is 6.74. The van der Waals surface area contributed by atoms with E-state index in [1.807, 2.05) is 24.3 Å². The van der Waals surface area contributed by atoms with Crippen LogP contribution in [0.5, 0.6) is 11.5 Å². The monoisotopic (exact) mass is 611 g/mol. The quantitative estimate of drug-likeness (QED) is 0.142. The van der Waals surface area contributed by atoms with Crippen molar-refractivity contribution in [2.45, 2.75) is 12.3 Å². The van der Waals surface area contributed by atoms with Crippen LogP contribution in [-0.2, 0) is 57.2 Å². The van der Waals surface area contributed by atoms with Gasteiger partial charge in [0.05, 0.1) is 18.6 Å². The number of hydrogen-bond acceptors (Lipinski definition) is 6. The third kappa shape index (κ3) is 6.52. The van der Waals surface area contributed by atoms with Crippen molar-refractivity contribution in [2.24, 2.45) is 0 Å². The first-order valence-electron chi connectivity index (χ1n) is 12.6. The predicted molar refractivity (Wildman–Crippen MR) is 150 cm³/mol. The van der Waals surface area contributed by atoms with Crippen LogP contribution in [-0.4, -0.2) is 46.3 Å². The molecule has 6 nitrogen and oxygen atoms in total. The number of ether oxygens (including phenoxy) is 4. The third-order valence-electron chi connectivity index (χ3n) is 6.60. The Morgan fingerprint density at radius 3 is 1.48 bits per heavy atom. The Hall–Kier alpha value is -3.32. The van der Waals surface area contributed by atoms with E-state index in [1.165, 1.54) is 41.9 Å². The first-order valence-corrected chi connectivity index (χ1v) is 12.6. The minimum absolute atomic E-state index is 0. The zero-order chi connectivity index (χ0) is 27.5. The summed E-state index contributed by atoms with van der Waals surface area (Å²) >= 11 is 0. The Labute approximate surface area is 260 Å². The average Bonchev–Trinajstić information content (AvgIpc) is 3.28. The van der Waals surface area contributed by atoms with Gasteiger partial charge in [-0.15, -0.1) is 0 Å². The fraction of sp³-hybridized carbons (Fsp3) is 0.212. The fourth-order valence-corrected chi connectivity index (χ4v) is 5.11. The van der Waals surface area contributed by atoms with Crippen molar-refractivity contribution in [1.82, 2.24) is 0 Å². The predicted octanol–water partition coefficient (Wildman–Crippen LogP) is 5.65. The van der Waals surface area contributed by atoms with Crippen LogP contribution in [0.25, 0.3) is 11.1 Å². The van der Waals surface area contributed by atoms with Crippen molar-refractivity contribution in [3.63, 3.8) is 0 Å². The Morgan fingerprint density at radius 2 is 1.05 bits per heavy atom. The van der Waals surface area contributed by atoms with E-state index < -0.39 is 5.41 Å². The van der Waals surface area contributed by atoms with Crippen LogP contribution in [0.2, 0.25) is 0 Å². The molecule has 0 saturated carbocycles. The molecule has 0 N–H and O–H groups in total. The Morgan fingerprint density at radius 1 is 0.625 bits per heavy atom. The van der Waals surface area contributed by atoms with Gasteiger partial charge in [-0.3, -0.25) is 6.29 Å². The average molecular weight is 612 g/mol. The van der Waals surface area contributed by atoms with Gasteiger partial charge in [0.2, 0.25) is 0 Å².